The number of benzene rings is 1. The smallest absolute Gasteiger partial charge is 0.105 e. The minimum Gasteiger partial charge on any atom is -0.395 e. The second kappa shape index (κ2) is 5.37. The average Bonchev–Trinajstić information content (AvgIpc) is 2.64. The maximum atomic E-state index is 8.82. The van der Waals surface area contributed by atoms with E-state index >= 15 is 0 Å². The lowest BCUT2D eigenvalue weighted by Crippen LogP contribution is -2.26. The van der Waals surface area contributed by atoms with Crippen LogP contribution in [0.25, 0.3) is 11.0 Å². The summed E-state index contributed by atoms with van der Waals surface area (Å²) in [7, 11) is 0. The number of hydrogen-bond donors (Lipinski definition) is 2. The molecule has 0 aliphatic carbocycles. The first-order valence-electron chi connectivity index (χ1n) is 4.37. The third-order valence-electron chi connectivity index (χ3n) is 2.05. The van der Waals surface area contributed by atoms with Gasteiger partial charge in [0.2, 0.25) is 0 Å². The van der Waals surface area contributed by atoms with Crippen LogP contribution < -0.4 is 5.73 Å². The van der Waals surface area contributed by atoms with Gasteiger partial charge in [0.25, 0.3) is 0 Å². The number of aliphatic hydroxyl groups is 1. The first-order valence-corrected chi connectivity index (χ1v) is 5.10. The van der Waals surface area contributed by atoms with Crippen LogP contribution in [0.15, 0.2) is 18.2 Å². The molecular weight excluding hydrogens is 234 g/mol. The Bertz CT molecular complexity index is 434. The average molecular weight is 246 g/mol. The van der Waals surface area contributed by atoms with E-state index in [0.29, 0.717) is 6.42 Å². The number of hydrogen-bond acceptors (Lipinski definition) is 5. The summed E-state index contributed by atoms with van der Waals surface area (Å²) in [6.45, 7) is 0.00729. The Morgan fingerprint density at radius 3 is 2.80 bits per heavy atom. The number of nitrogens with two attached hydrogens (primary N) is 1. The van der Waals surface area contributed by atoms with Crippen molar-refractivity contribution in [3.05, 3.63) is 23.8 Å². The van der Waals surface area contributed by atoms with Gasteiger partial charge < -0.3 is 10.8 Å². The minimum atomic E-state index is -0.195. The van der Waals surface area contributed by atoms with Gasteiger partial charge in [-0.3, -0.25) is 0 Å². The Labute approximate surface area is 97.9 Å². The van der Waals surface area contributed by atoms with Gasteiger partial charge in [0, 0.05) is 6.04 Å². The number of rotatable bonds is 3. The normalized spacial score (nSPS) is 12.4. The Balaban J connectivity index is 0.00000112. The zero-order valence-corrected chi connectivity index (χ0v) is 9.59. The van der Waals surface area contributed by atoms with Gasteiger partial charge in [-0.05, 0) is 24.1 Å². The lowest BCUT2D eigenvalue weighted by Gasteiger charge is -2.06. The van der Waals surface area contributed by atoms with Gasteiger partial charge in [0.05, 0.1) is 18.3 Å². The van der Waals surface area contributed by atoms with Crippen LogP contribution >= 0.6 is 24.1 Å². The van der Waals surface area contributed by atoms with Crippen molar-refractivity contribution in [3.8, 4) is 0 Å². The van der Waals surface area contributed by atoms with Gasteiger partial charge >= 0.3 is 0 Å². The molecular formula is C9H12ClN3OS. The minimum absolute atomic E-state index is 0. The molecule has 82 valence electrons. The van der Waals surface area contributed by atoms with E-state index in [9.17, 15) is 0 Å². The number of fused-ring (bicyclic) bond motifs is 1. The molecule has 4 nitrogen and oxygen atoms in total. The van der Waals surface area contributed by atoms with Crippen LogP contribution in [-0.4, -0.2) is 26.5 Å². The molecule has 15 heavy (non-hydrogen) atoms. The lowest BCUT2D eigenvalue weighted by molar-refractivity contribution is 0.265. The maximum absolute atomic E-state index is 8.82. The number of halogens is 1. The van der Waals surface area contributed by atoms with Crippen molar-refractivity contribution in [1.82, 2.24) is 8.75 Å². The molecule has 1 heterocycles. The molecule has 0 saturated heterocycles. The topological polar surface area (TPSA) is 72.0 Å². The highest BCUT2D eigenvalue weighted by molar-refractivity contribution is 7.00. The van der Waals surface area contributed by atoms with E-state index in [2.05, 4.69) is 8.75 Å². The van der Waals surface area contributed by atoms with Gasteiger partial charge in [0.1, 0.15) is 11.0 Å². The maximum Gasteiger partial charge on any atom is 0.105 e. The summed E-state index contributed by atoms with van der Waals surface area (Å²) in [6.07, 6.45) is 0.671. The summed E-state index contributed by atoms with van der Waals surface area (Å²) in [5.41, 5.74) is 8.54. The second-order valence-corrected chi connectivity index (χ2v) is 3.76. The van der Waals surface area contributed by atoms with Crippen molar-refractivity contribution in [1.29, 1.82) is 0 Å². The van der Waals surface area contributed by atoms with E-state index in [1.54, 1.807) is 0 Å². The summed E-state index contributed by atoms with van der Waals surface area (Å²) in [5, 5.41) is 8.82. The van der Waals surface area contributed by atoms with E-state index in [1.807, 2.05) is 18.2 Å². The van der Waals surface area contributed by atoms with E-state index in [-0.39, 0.29) is 25.1 Å². The van der Waals surface area contributed by atoms with E-state index in [0.717, 1.165) is 16.6 Å². The SMILES string of the molecule is Cl.NC(CO)Cc1ccc2nsnc2c1. The summed E-state index contributed by atoms with van der Waals surface area (Å²) in [4.78, 5) is 0. The Kier molecular flexibility index (Phi) is 4.41. The molecule has 6 heteroatoms. The molecule has 0 amide bonds. The molecule has 0 saturated carbocycles. The van der Waals surface area contributed by atoms with Crippen LogP contribution in [0, 0.1) is 0 Å². The van der Waals surface area contributed by atoms with Crippen LogP contribution in [0.3, 0.4) is 0 Å². The molecule has 3 N–H and O–H groups in total. The molecule has 0 fully saturated rings. The first-order chi connectivity index (χ1) is 6.79. The molecule has 1 aromatic carbocycles. The van der Waals surface area contributed by atoms with Crippen molar-refractivity contribution in [3.63, 3.8) is 0 Å². The monoisotopic (exact) mass is 245 g/mol. The van der Waals surface area contributed by atoms with Gasteiger partial charge in [0.15, 0.2) is 0 Å². The molecule has 0 aliphatic rings. The highest BCUT2D eigenvalue weighted by Crippen LogP contribution is 2.14. The molecule has 1 atom stereocenters. The molecule has 1 unspecified atom stereocenters. The highest BCUT2D eigenvalue weighted by Gasteiger charge is 2.04. The fraction of sp³-hybridized carbons (Fsp3) is 0.333. The van der Waals surface area contributed by atoms with Crippen LogP contribution in [0.5, 0.6) is 0 Å². The first kappa shape index (κ1) is 12.3. The van der Waals surface area contributed by atoms with Gasteiger partial charge in [-0.15, -0.1) is 12.4 Å². The van der Waals surface area contributed by atoms with Crippen LogP contribution in [0.2, 0.25) is 0 Å². The fourth-order valence-corrected chi connectivity index (χ4v) is 1.84. The van der Waals surface area contributed by atoms with Crippen LogP contribution in [0.1, 0.15) is 5.56 Å². The zero-order chi connectivity index (χ0) is 9.97. The van der Waals surface area contributed by atoms with Gasteiger partial charge in [-0.1, -0.05) is 6.07 Å². The molecule has 0 aliphatic heterocycles. The van der Waals surface area contributed by atoms with E-state index in [4.69, 9.17) is 10.8 Å². The predicted molar refractivity (Wildman–Crippen MR) is 63.4 cm³/mol. The van der Waals surface area contributed by atoms with Gasteiger partial charge in [-0.2, -0.15) is 8.75 Å². The van der Waals surface area contributed by atoms with E-state index < -0.39 is 0 Å². The molecule has 1 aromatic heterocycles. The molecule has 0 bridgehead atoms. The Hall–Kier alpha value is -0.750. The summed E-state index contributed by atoms with van der Waals surface area (Å²) in [6, 6.07) is 5.67. The van der Waals surface area contributed by atoms with Gasteiger partial charge in [-0.25, -0.2) is 0 Å². The lowest BCUT2D eigenvalue weighted by atomic mass is 10.1. The zero-order valence-electron chi connectivity index (χ0n) is 7.96. The summed E-state index contributed by atoms with van der Waals surface area (Å²) < 4.78 is 8.25. The van der Waals surface area contributed by atoms with Crippen molar-refractivity contribution in [2.24, 2.45) is 5.73 Å². The molecule has 0 spiro atoms. The van der Waals surface area contributed by atoms with Crippen LogP contribution in [0.4, 0.5) is 0 Å². The van der Waals surface area contributed by atoms with Crippen molar-refractivity contribution in [2.45, 2.75) is 12.5 Å². The summed E-state index contributed by atoms with van der Waals surface area (Å²) >= 11 is 1.21. The number of aromatic nitrogens is 2. The van der Waals surface area contributed by atoms with Crippen molar-refractivity contribution in [2.75, 3.05) is 6.61 Å². The molecule has 2 aromatic rings. The quantitative estimate of drug-likeness (QED) is 0.846. The highest BCUT2D eigenvalue weighted by atomic mass is 35.5. The number of aliphatic hydroxyl groups excluding tert-OH is 1. The standard InChI is InChI=1S/C9H11N3OS.ClH/c10-7(5-13)3-6-1-2-8-9(4-6)12-14-11-8;/h1-2,4,7,13H,3,5,10H2;1H. The largest absolute Gasteiger partial charge is 0.395 e. The predicted octanol–water partition coefficient (Wildman–Crippen LogP) is 0.975. The van der Waals surface area contributed by atoms with Crippen molar-refractivity contribution < 1.29 is 5.11 Å². The Morgan fingerprint density at radius 2 is 2.07 bits per heavy atom. The second-order valence-electron chi connectivity index (χ2n) is 3.23. The number of nitrogens with zero attached hydrogens (tertiary/aromatic N) is 2. The third-order valence-corrected chi connectivity index (χ3v) is 2.61. The fourth-order valence-electron chi connectivity index (χ4n) is 1.32. The Morgan fingerprint density at radius 1 is 1.33 bits per heavy atom. The third kappa shape index (κ3) is 2.85. The molecule has 2 rings (SSSR count). The molecule has 0 radical (unpaired) electrons. The van der Waals surface area contributed by atoms with E-state index in [1.165, 1.54) is 11.7 Å². The van der Waals surface area contributed by atoms with Crippen molar-refractivity contribution >= 4 is 35.2 Å². The van der Waals surface area contributed by atoms with Crippen LogP contribution in [-0.2, 0) is 6.42 Å². The summed E-state index contributed by atoms with van der Waals surface area (Å²) in [5.74, 6) is 0.